The first kappa shape index (κ1) is 19.0. The molecule has 4 nitrogen and oxygen atoms in total. The van der Waals surface area contributed by atoms with Crippen LogP contribution in [0.15, 0.2) is 0 Å². The largest absolute Gasteiger partial charge is 0.379 e. The molecular formula is C12H27ClN2O2. The Labute approximate surface area is 111 Å². The van der Waals surface area contributed by atoms with Gasteiger partial charge in [-0.15, -0.1) is 12.4 Å². The fourth-order valence-corrected chi connectivity index (χ4v) is 1.11. The minimum atomic E-state index is -0.460. The molecule has 0 aliphatic carbocycles. The highest BCUT2D eigenvalue weighted by molar-refractivity contribution is 5.85. The average Bonchev–Trinajstić information content (AvgIpc) is 2.13. The monoisotopic (exact) mass is 266 g/mol. The topological polar surface area (TPSA) is 64.3 Å². The van der Waals surface area contributed by atoms with Crippen molar-refractivity contribution in [3.63, 3.8) is 0 Å². The van der Waals surface area contributed by atoms with Gasteiger partial charge in [0.05, 0.1) is 12.1 Å². The Kier molecular flexibility index (Phi) is 9.77. The summed E-state index contributed by atoms with van der Waals surface area (Å²) in [5, 5.41) is 2.82. The van der Waals surface area contributed by atoms with Crippen molar-refractivity contribution in [1.29, 1.82) is 0 Å². The summed E-state index contributed by atoms with van der Waals surface area (Å²) in [5.74, 6) is -0.0861. The van der Waals surface area contributed by atoms with E-state index < -0.39 is 6.04 Å². The SMILES string of the molecule is CC(C)OCCCNC(=O)[C@@H](N)C(C)(C)C.Cl. The summed E-state index contributed by atoms with van der Waals surface area (Å²) in [4.78, 5) is 11.6. The Morgan fingerprint density at radius 1 is 1.35 bits per heavy atom. The highest BCUT2D eigenvalue weighted by atomic mass is 35.5. The maximum Gasteiger partial charge on any atom is 0.237 e. The molecule has 0 aromatic heterocycles. The molecule has 0 unspecified atom stereocenters. The number of carbonyl (C=O) groups is 1. The van der Waals surface area contributed by atoms with Gasteiger partial charge in [-0.05, 0) is 25.7 Å². The minimum Gasteiger partial charge on any atom is -0.379 e. The van der Waals surface area contributed by atoms with Crippen molar-refractivity contribution in [3.8, 4) is 0 Å². The molecule has 3 N–H and O–H groups in total. The van der Waals surface area contributed by atoms with E-state index in [-0.39, 0.29) is 29.8 Å². The molecule has 0 aromatic carbocycles. The number of nitrogens with one attached hydrogen (secondary N) is 1. The zero-order valence-electron chi connectivity index (χ0n) is 11.6. The molecule has 0 heterocycles. The third kappa shape index (κ3) is 9.39. The van der Waals surface area contributed by atoms with Gasteiger partial charge in [0, 0.05) is 13.2 Å². The van der Waals surface area contributed by atoms with Crippen molar-refractivity contribution >= 4 is 18.3 Å². The van der Waals surface area contributed by atoms with Gasteiger partial charge >= 0.3 is 0 Å². The Balaban J connectivity index is 0. The fourth-order valence-electron chi connectivity index (χ4n) is 1.11. The van der Waals surface area contributed by atoms with E-state index in [0.29, 0.717) is 13.2 Å². The molecule has 0 saturated carbocycles. The standard InChI is InChI=1S/C12H26N2O2.ClH/c1-9(2)16-8-6-7-14-11(15)10(13)12(3,4)5;/h9-10H,6-8,13H2,1-5H3,(H,14,15);1H/t10-;/m1./s1. The summed E-state index contributed by atoms with van der Waals surface area (Å²) in [7, 11) is 0. The van der Waals surface area contributed by atoms with E-state index in [4.69, 9.17) is 10.5 Å². The van der Waals surface area contributed by atoms with Crippen LogP contribution in [-0.4, -0.2) is 31.2 Å². The number of amides is 1. The molecule has 0 radical (unpaired) electrons. The van der Waals surface area contributed by atoms with Crippen LogP contribution in [0.3, 0.4) is 0 Å². The first-order chi connectivity index (χ1) is 7.25. The summed E-state index contributed by atoms with van der Waals surface area (Å²) in [6, 6.07) is -0.460. The second kappa shape index (κ2) is 8.72. The Morgan fingerprint density at radius 2 is 1.88 bits per heavy atom. The molecule has 5 heteroatoms. The minimum absolute atomic E-state index is 0. The first-order valence-corrected chi connectivity index (χ1v) is 5.90. The zero-order chi connectivity index (χ0) is 12.8. The maximum absolute atomic E-state index is 11.6. The highest BCUT2D eigenvalue weighted by Crippen LogP contribution is 2.16. The molecule has 0 aromatic rings. The molecule has 0 rings (SSSR count). The third-order valence-corrected chi connectivity index (χ3v) is 2.29. The van der Waals surface area contributed by atoms with E-state index in [0.717, 1.165) is 6.42 Å². The lowest BCUT2D eigenvalue weighted by Crippen LogP contribution is -2.48. The Bertz CT molecular complexity index is 215. The molecule has 0 saturated heterocycles. The van der Waals surface area contributed by atoms with Crippen LogP contribution in [0.2, 0.25) is 0 Å². The summed E-state index contributed by atoms with van der Waals surface area (Å²) in [6.07, 6.45) is 1.06. The summed E-state index contributed by atoms with van der Waals surface area (Å²) >= 11 is 0. The van der Waals surface area contributed by atoms with Gasteiger partial charge in [-0.1, -0.05) is 20.8 Å². The highest BCUT2D eigenvalue weighted by Gasteiger charge is 2.26. The van der Waals surface area contributed by atoms with E-state index in [1.54, 1.807) is 0 Å². The van der Waals surface area contributed by atoms with Crippen molar-refractivity contribution in [3.05, 3.63) is 0 Å². The molecule has 1 atom stereocenters. The lowest BCUT2D eigenvalue weighted by Gasteiger charge is -2.25. The lowest BCUT2D eigenvalue weighted by atomic mass is 9.87. The molecule has 0 bridgehead atoms. The number of carbonyl (C=O) groups excluding carboxylic acids is 1. The van der Waals surface area contributed by atoms with Crippen molar-refractivity contribution in [2.75, 3.05) is 13.2 Å². The molecule has 17 heavy (non-hydrogen) atoms. The normalized spacial score (nSPS) is 13.1. The molecule has 0 aliphatic heterocycles. The quantitative estimate of drug-likeness (QED) is 0.720. The number of hydrogen-bond acceptors (Lipinski definition) is 3. The lowest BCUT2D eigenvalue weighted by molar-refractivity contribution is -0.124. The predicted molar refractivity (Wildman–Crippen MR) is 73.4 cm³/mol. The van der Waals surface area contributed by atoms with Gasteiger partial charge in [-0.2, -0.15) is 0 Å². The Hall–Kier alpha value is -0.320. The molecular weight excluding hydrogens is 240 g/mol. The molecule has 0 fully saturated rings. The van der Waals surface area contributed by atoms with Gasteiger partial charge in [0.15, 0.2) is 0 Å². The van der Waals surface area contributed by atoms with Gasteiger partial charge in [0.2, 0.25) is 5.91 Å². The van der Waals surface area contributed by atoms with Crippen molar-refractivity contribution < 1.29 is 9.53 Å². The van der Waals surface area contributed by atoms with Crippen LogP contribution in [0.5, 0.6) is 0 Å². The van der Waals surface area contributed by atoms with Gasteiger partial charge in [0.1, 0.15) is 0 Å². The summed E-state index contributed by atoms with van der Waals surface area (Å²) in [5.41, 5.74) is 5.62. The number of rotatable bonds is 6. The summed E-state index contributed by atoms with van der Waals surface area (Å²) in [6.45, 7) is 11.2. The van der Waals surface area contributed by atoms with Gasteiger partial charge in [0.25, 0.3) is 0 Å². The van der Waals surface area contributed by atoms with Gasteiger partial charge < -0.3 is 15.8 Å². The fraction of sp³-hybridized carbons (Fsp3) is 0.917. The van der Waals surface area contributed by atoms with Gasteiger partial charge in [-0.25, -0.2) is 0 Å². The predicted octanol–water partition coefficient (Wildman–Crippen LogP) is 1.71. The van der Waals surface area contributed by atoms with Crippen molar-refractivity contribution in [1.82, 2.24) is 5.32 Å². The average molecular weight is 267 g/mol. The molecule has 104 valence electrons. The maximum atomic E-state index is 11.6. The van der Waals surface area contributed by atoms with Crippen LogP contribution in [0.4, 0.5) is 0 Å². The van der Waals surface area contributed by atoms with E-state index in [9.17, 15) is 4.79 Å². The van der Waals surface area contributed by atoms with Crippen LogP contribution < -0.4 is 11.1 Å². The van der Waals surface area contributed by atoms with Crippen molar-refractivity contribution in [2.24, 2.45) is 11.1 Å². The van der Waals surface area contributed by atoms with Crippen LogP contribution in [0, 0.1) is 5.41 Å². The molecule has 1 amide bonds. The first-order valence-electron chi connectivity index (χ1n) is 5.90. The number of halogens is 1. The van der Waals surface area contributed by atoms with Crippen LogP contribution >= 0.6 is 12.4 Å². The number of nitrogens with two attached hydrogens (primary N) is 1. The third-order valence-electron chi connectivity index (χ3n) is 2.29. The van der Waals surface area contributed by atoms with E-state index >= 15 is 0 Å². The van der Waals surface area contributed by atoms with Crippen LogP contribution in [-0.2, 0) is 9.53 Å². The summed E-state index contributed by atoms with van der Waals surface area (Å²) < 4.78 is 5.37. The zero-order valence-corrected chi connectivity index (χ0v) is 12.4. The van der Waals surface area contributed by atoms with E-state index in [2.05, 4.69) is 5.32 Å². The van der Waals surface area contributed by atoms with E-state index in [1.165, 1.54) is 0 Å². The number of ether oxygens (including phenoxy) is 1. The smallest absolute Gasteiger partial charge is 0.237 e. The van der Waals surface area contributed by atoms with Crippen LogP contribution in [0.1, 0.15) is 41.0 Å². The number of hydrogen-bond donors (Lipinski definition) is 2. The van der Waals surface area contributed by atoms with Crippen LogP contribution in [0.25, 0.3) is 0 Å². The van der Waals surface area contributed by atoms with E-state index in [1.807, 2.05) is 34.6 Å². The van der Waals surface area contributed by atoms with Crippen molar-refractivity contribution in [2.45, 2.75) is 53.2 Å². The molecule has 0 aliphatic rings. The van der Waals surface area contributed by atoms with Gasteiger partial charge in [-0.3, -0.25) is 4.79 Å². The second-order valence-corrected chi connectivity index (χ2v) is 5.41. The second-order valence-electron chi connectivity index (χ2n) is 5.41. The Morgan fingerprint density at radius 3 is 2.29 bits per heavy atom. The molecule has 0 spiro atoms.